The molecule has 0 radical (unpaired) electrons. The maximum Gasteiger partial charge on any atom is 0.296 e. The molecule has 8 heteroatoms. The fraction of sp³-hybridized carbons (Fsp3) is 0.250. The van der Waals surface area contributed by atoms with Gasteiger partial charge in [-0.3, -0.25) is 14.5 Å². The number of carbonyl (C=O) groups excluding carboxylic acids is 1. The molecule has 0 spiro atoms. The van der Waals surface area contributed by atoms with Crippen molar-refractivity contribution in [2.75, 3.05) is 18.1 Å². The third kappa shape index (κ3) is 4.09. The van der Waals surface area contributed by atoms with Gasteiger partial charge >= 0.3 is 0 Å². The van der Waals surface area contributed by atoms with Gasteiger partial charge in [-0.1, -0.05) is 24.6 Å². The summed E-state index contributed by atoms with van der Waals surface area (Å²) in [7, 11) is 0. The summed E-state index contributed by atoms with van der Waals surface area (Å²) in [6.07, 6.45) is 2.48. The van der Waals surface area contributed by atoms with Gasteiger partial charge in [-0.2, -0.15) is 0 Å². The molecule has 5 rings (SSSR count). The summed E-state index contributed by atoms with van der Waals surface area (Å²) in [5.41, 5.74) is 1.82. The van der Waals surface area contributed by atoms with Crippen molar-refractivity contribution < 1.29 is 18.7 Å². The van der Waals surface area contributed by atoms with Gasteiger partial charge in [0.25, 0.3) is 5.91 Å². The van der Waals surface area contributed by atoms with Crippen LogP contribution in [0, 0.1) is 6.92 Å². The molecule has 0 saturated heterocycles. The molecule has 1 amide bonds. The van der Waals surface area contributed by atoms with Crippen LogP contribution in [0.3, 0.4) is 0 Å². The number of aryl methyl sites for hydroxylation is 1. The third-order valence-corrected chi connectivity index (χ3v) is 6.26. The number of rotatable bonds is 7. The van der Waals surface area contributed by atoms with Crippen LogP contribution < -0.4 is 19.8 Å². The van der Waals surface area contributed by atoms with Crippen LogP contribution in [0.2, 0.25) is 5.02 Å². The molecule has 184 valence electrons. The summed E-state index contributed by atoms with van der Waals surface area (Å²) in [5.74, 6) is 1.11. The van der Waals surface area contributed by atoms with E-state index in [4.69, 9.17) is 25.5 Å². The first kappa shape index (κ1) is 23.9. The number of halogens is 1. The molecule has 7 nitrogen and oxygen atoms in total. The molecule has 0 fully saturated rings. The fourth-order valence-electron chi connectivity index (χ4n) is 4.44. The lowest BCUT2D eigenvalue weighted by Crippen LogP contribution is -2.30. The number of pyridine rings is 1. The van der Waals surface area contributed by atoms with Crippen LogP contribution in [0.5, 0.6) is 11.5 Å². The van der Waals surface area contributed by atoms with Crippen molar-refractivity contribution in [3.63, 3.8) is 0 Å². The molecule has 36 heavy (non-hydrogen) atoms. The molecule has 1 aliphatic heterocycles. The number of hydrogen-bond acceptors (Lipinski definition) is 6. The van der Waals surface area contributed by atoms with Gasteiger partial charge in [0.1, 0.15) is 11.4 Å². The van der Waals surface area contributed by atoms with Crippen molar-refractivity contribution in [1.29, 1.82) is 0 Å². The maximum absolute atomic E-state index is 13.8. The Morgan fingerprint density at radius 1 is 1.03 bits per heavy atom. The van der Waals surface area contributed by atoms with Gasteiger partial charge in [-0.05, 0) is 73.9 Å². The van der Waals surface area contributed by atoms with E-state index in [-0.39, 0.29) is 16.8 Å². The largest absolute Gasteiger partial charge is 0.490 e. The van der Waals surface area contributed by atoms with Crippen LogP contribution in [-0.2, 0) is 0 Å². The fourth-order valence-corrected chi connectivity index (χ4v) is 4.62. The highest BCUT2D eigenvalue weighted by molar-refractivity contribution is 6.31. The average molecular weight is 505 g/mol. The summed E-state index contributed by atoms with van der Waals surface area (Å²) < 4.78 is 17.7. The predicted octanol–water partition coefficient (Wildman–Crippen LogP) is 6.09. The minimum Gasteiger partial charge on any atom is -0.490 e. The minimum atomic E-state index is -0.777. The second-order valence-electron chi connectivity index (χ2n) is 8.57. The van der Waals surface area contributed by atoms with Gasteiger partial charge in [-0.15, -0.1) is 0 Å². The Hall–Kier alpha value is -3.84. The smallest absolute Gasteiger partial charge is 0.296 e. The summed E-state index contributed by atoms with van der Waals surface area (Å²) >= 11 is 6.18. The summed E-state index contributed by atoms with van der Waals surface area (Å²) in [4.78, 5) is 33.5. The molecular weight excluding hydrogens is 480 g/mol. The number of ether oxygens (including phenoxy) is 2. The lowest BCUT2D eigenvalue weighted by molar-refractivity contribution is 0.0970. The highest BCUT2D eigenvalue weighted by Crippen LogP contribution is 2.43. The molecule has 1 unspecified atom stereocenters. The minimum absolute atomic E-state index is 0.00704. The first-order chi connectivity index (χ1) is 17.4. The lowest BCUT2D eigenvalue weighted by Gasteiger charge is -2.25. The normalized spacial score (nSPS) is 14.8. The van der Waals surface area contributed by atoms with Crippen molar-refractivity contribution >= 4 is 34.3 Å². The maximum atomic E-state index is 13.8. The molecule has 0 aliphatic carbocycles. The SMILES string of the molecule is CCCOc1ccc(C2c3c(oc4ccc(Cl)cc4c3=O)C(=O)N2c2cc(C)ccn2)cc1OCC. The average Bonchev–Trinajstić information content (AvgIpc) is 3.16. The molecule has 1 aliphatic rings. The number of anilines is 1. The number of nitrogens with zero attached hydrogens (tertiary/aromatic N) is 2. The molecule has 3 heterocycles. The Labute approximate surface area is 213 Å². The Kier molecular flexibility index (Phi) is 6.41. The van der Waals surface area contributed by atoms with Crippen molar-refractivity contribution in [1.82, 2.24) is 4.98 Å². The first-order valence-corrected chi connectivity index (χ1v) is 12.2. The van der Waals surface area contributed by atoms with Crippen molar-refractivity contribution in [2.24, 2.45) is 0 Å². The van der Waals surface area contributed by atoms with Crippen LogP contribution in [0.25, 0.3) is 11.0 Å². The molecule has 0 bridgehead atoms. The van der Waals surface area contributed by atoms with E-state index < -0.39 is 11.9 Å². The highest BCUT2D eigenvalue weighted by Gasteiger charge is 2.44. The number of carbonyl (C=O) groups is 1. The number of amides is 1. The summed E-state index contributed by atoms with van der Waals surface area (Å²) in [6, 6.07) is 13.1. The van der Waals surface area contributed by atoms with Crippen LogP contribution in [0.15, 0.2) is 63.9 Å². The standard InChI is InChI=1S/C28H25ClN2O5/c1-4-12-35-21-8-6-17(14-22(21)34-5-2)25-24-26(32)19-15-18(29)7-9-20(19)36-27(24)28(33)31(25)23-13-16(3)10-11-30-23/h6-11,13-15,25H,4-5,12H2,1-3H3. The highest BCUT2D eigenvalue weighted by atomic mass is 35.5. The molecule has 2 aromatic carbocycles. The predicted molar refractivity (Wildman–Crippen MR) is 139 cm³/mol. The monoisotopic (exact) mass is 504 g/mol. The summed E-state index contributed by atoms with van der Waals surface area (Å²) in [6.45, 7) is 6.80. The van der Waals surface area contributed by atoms with Gasteiger partial charge in [0.15, 0.2) is 16.9 Å². The zero-order chi connectivity index (χ0) is 25.4. The van der Waals surface area contributed by atoms with E-state index in [1.807, 2.05) is 39.0 Å². The van der Waals surface area contributed by atoms with E-state index in [1.54, 1.807) is 36.5 Å². The van der Waals surface area contributed by atoms with E-state index in [1.165, 1.54) is 4.90 Å². The van der Waals surface area contributed by atoms with E-state index in [2.05, 4.69) is 4.98 Å². The Morgan fingerprint density at radius 3 is 2.61 bits per heavy atom. The number of fused-ring (bicyclic) bond motifs is 2. The second-order valence-corrected chi connectivity index (χ2v) is 9.01. The Morgan fingerprint density at radius 2 is 1.86 bits per heavy atom. The van der Waals surface area contributed by atoms with Gasteiger partial charge in [0.2, 0.25) is 5.76 Å². The second kappa shape index (κ2) is 9.66. The third-order valence-electron chi connectivity index (χ3n) is 6.03. The lowest BCUT2D eigenvalue weighted by atomic mass is 9.98. The zero-order valence-electron chi connectivity index (χ0n) is 20.2. The quantitative estimate of drug-likeness (QED) is 0.303. The van der Waals surface area contributed by atoms with Crippen LogP contribution >= 0.6 is 11.6 Å². The van der Waals surface area contributed by atoms with Gasteiger partial charge in [0.05, 0.1) is 30.2 Å². The Balaban J connectivity index is 1.76. The number of hydrogen-bond donors (Lipinski definition) is 0. The van der Waals surface area contributed by atoms with E-state index in [0.29, 0.717) is 52.1 Å². The van der Waals surface area contributed by atoms with E-state index >= 15 is 0 Å². The van der Waals surface area contributed by atoms with Crippen molar-refractivity contribution in [2.45, 2.75) is 33.2 Å². The number of aromatic nitrogens is 1. The molecular formula is C28H25ClN2O5. The first-order valence-electron chi connectivity index (χ1n) is 11.8. The zero-order valence-corrected chi connectivity index (χ0v) is 21.0. The van der Waals surface area contributed by atoms with Gasteiger partial charge < -0.3 is 13.9 Å². The molecule has 2 aromatic heterocycles. The van der Waals surface area contributed by atoms with Crippen molar-refractivity contribution in [3.05, 3.63) is 92.4 Å². The van der Waals surface area contributed by atoms with Crippen molar-refractivity contribution in [3.8, 4) is 11.5 Å². The van der Waals surface area contributed by atoms with Gasteiger partial charge in [0, 0.05) is 11.2 Å². The molecule has 0 saturated carbocycles. The summed E-state index contributed by atoms with van der Waals surface area (Å²) in [5, 5.41) is 0.718. The van der Waals surface area contributed by atoms with Crippen LogP contribution in [0.1, 0.15) is 53.6 Å². The molecule has 4 aromatic rings. The number of benzene rings is 2. The van der Waals surface area contributed by atoms with Crippen LogP contribution in [0.4, 0.5) is 5.82 Å². The van der Waals surface area contributed by atoms with Crippen LogP contribution in [-0.4, -0.2) is 24.1 Å². The van der Waals surface area contributed by atoms with E-state index in [9.17, 15) is 9.59 Å². The van der Waals surface area contributed by atoms with Gasteiger partial charge in [-0.25, -0.2) is 4.98 Å². The Bertz CT molecular complexity index is 1530. The molecule has 1 atom stereocenters. The van der Waals surface area contributed by atoms with E-state index in [0.717, 1.165) is 12.0 Å². The topological polar surface area (TPSA) is 81.9 Å². The molecule has 0 N–H and O–H groups in total.